The van der Waals surface area contributed by atoms with Gasteiger partial charge in [0.25, 0.3) is 0 Å². The molecular weight excluding hydrogens is 384 g/mol. The minimum absolute atomic E-state index is 0.306. The molecule has 0 atom stereocenters. The molecule has 5 rings (SSSR count). The largest absolute Gasteiger partial charge is 0.304 e. The lowest BCUT2D eigenvalue weighted by Gasteiger charge is -2.31. The number of fused-ring (bicyclic) bond motifs is 2. The van der Waals surface area contributed by atoms with Gasteiger partial charge in [0.1, 0.15) is 11.3 Å². The first-order chi connectivity index (χ1) is 14.5. The Morgan fingerprint density at radius 2 is 1.80 bits per heavy atom. The van der Waals surface area contributed by atoms with Crippen molar-refractivity contribution in [2.75, 3.05) is 19.6 Å². The fourth-order valence-corrected chi connectivity index (χ4v) is 4.44. The summed E-state index contributed by atoms with van der Waals surface area (Å²) in [5, 5.41) is 13.7. The molecule has 0 amide bonds. The van der Waals surface area contributed by atoms with Crippen molar-refractivity contribution >= 4 is 21.8 Å². The highest BCUT2D eigenvalue weighted by molar-refractivity contribution is 5.87. The Hall–Kier alpha value is -2.93. The number of nitrogens with zero attached hydrogens (tertiary/aromatic N) is 5. The number of piperidine rings is 1. The standard InChI is InChI=1S/C23H23F2N5/c1-3-30-6-4-14(5-7-30)15-9-19(24)18-12-21(26-27-22(18)11-15)16-8-17-13-29(2)28-23(17)20(25)10-16/h8-14H,3-7H2,1-2H3. The lowest BCUT2D eigenvalue weighted by Crippen LogP contribution is -2.32. The van der Waals surface area contributed by atoms with Crippen molar-refractivity contribution in [3.05, 3.63) is 53.7 Å². The predicted octanol–water partition coefficient (Wildman–Crippen LogP) is 4.66. The first kappa shape index (κ1) is 19.1. The number of rotatable bonds is 3. The average Bonchev–Trinajstić information content (AvgIpc) is 3.14. The lowest BCUT2D eigenvalue weighted by atomic mass is 9.88. The second-order valence-electron chi connectivity index (χ2n) is 8.07. The van der Waals surface area contributed by atoms with Gasteiger partial charge in [-0.3, -0.25) is 4.68 Å². The number of halogens is 2. The lowest BCUT2D eigenvalue weighted by molar-refractivity contribution is 0.222. The Kier molecular flexibility index (Phi) is 4.70. The van der Waals surface area contributed by atoms with E-state index in [0.29, 0.717) is 39.0 Å². The molecule has 4 aromatic rings. The Balaban J connectivity index is 1.51. The van der Waals surface area contributed by atoms with E-state index < -0.39 is 5.82 Å². The van der Waals surface area contributed by atoms with Crippen LogP contribution in [0, 0.1) is 11.6 Å². The third-order valence-corrected chi connectivity index (χ3v) is 6.16. The molecule has 5 nitrogen and oxygen atoms in total. The topological polar surface area (TPSA) is 46.8 Å². The van der Waals surface area contributed by atoms with Gasteiger partial charge >= 0.3 is 0 Å². The third-order valence-electron chi connectivity index (χ3n) is 6.16. The molecule has 1 saturated heterocycles. The summed E-state index contributed by atoms with van der Waals surface area (Å²) in [6.07, 6.45) is 3.79. The second-order valence-corrected chi connectivity index (χ2v) is 8.07. The van der Waals surface area contributed by atoms with Crippen molar-refractivity contribution in [3.8, 4) is 11.3 Å². The molecule has 0 spiro atoms. The monoisotopic (exact) mass is 407 g/mol. The molecule has 0 saturated carbocycles. The summed E-state index contributed by atoms with van der Waals surface area (Å²) < 4.78 is 31.0. The summed E-state index contributed by atoms with van der Waals surface area (Å²) in [7, 11) is 1.74. The van der Waals surface area contributed by atoms with Gasteiger partial charge in [-0.25, -0.2) is 8.78 Å². The van der Waals surface area contributed by atoms with Gasteiger partial charge in [0.2, 0.25) is 0 Å². The highest BCUT2D eigenvalue weighted by atomic mass is 19.1. The zero-order valence-electron chi connectivity index (χ0n) is 17.1. The van der Waals surface area contributed by atoms with Crippen molar-refractivity contribution in [1.82, 2.24) is 24.9 Å². The number of aromatic nitrogens is 4. The normalized spacial score (nSPS) is 16.0. The molecule has 2 aromatic carbocycles. The van der Waals surface area contributed by atoms with E-state index in [1.165, 1.54) is 6.07 Å². The van der Waals surface area contributed by atoms with E-state index in [2.05, 4.69) is 27.1 Å². The van der Waals surface area contributed by atoms with Crippen LogP contribution in [0.25, 0.3) is 33.1 Å². The average molecular weight is 407 g/mol. The summed E-state index contributed by atoms with van der Waals surface area (Å²) in [5.74, 6) is -0.394. The van der Waals surface area contributed by atoms with E-state index >= 15 is 4.39 Å². The maximum Gasteiger partial charge on any atom is 0.151 e. The van der Waals surface area contributed by atoms with Gasteiger partial charge in [-0.2, -0.15) is 5.10 Å². The van der Waals surface area contributed by atoms with E-state index in [4.69, 9.17) is 0 Å². The minimum Gasteiger partial charge on any atom is -0.304 e. The SMILES string of the molecule is CCN1CCC(c2cc(F)c3cc(-c4cc(F)c5nn(C)cc5c4)nnc3c2)CC1. The van der Waals surface area contributed by atoms with E-state index in [9.17, 15) is 4.39 Å². The van der Waals surface area contributed by atoms with Crippen molar-refractivity contribution in [3.63, 3.8) is 0 Å². The van der Waals surface area contributed by atoms with Gasteiger partial charge in [-0.1, -0.05) is 6.92 Å². The van der Waals surface area contributed by atoms with Crippen LogP contribution in [0.3, 0.4) is 0 Å². The third kappa shape index (κ3) is 3.33. The van der Waals surface area contributed by atoms with Crippen LogP contribution in [0.2, 0.25) is 0 Å². The summed E-state index contributed by atoms with van der Waals surface area (Å²) in [6, 6.07) is 8.41. The Morgan fingerprint density at radius 3 is 2.57 bits per heavy atom. The number of hydrogen-bond acceptors (Lipinski definition) is 4. The molecule has 0 N–H and O–H groups in total. The van der Waals surface area contributed by atoms with Crippen LogP contribution in [0.15, 0.2) is 36.5 Å². The summed E-state index contributed by atoms with van der Waals surface area (Å²) in [5.41, 5.74) is 2.82. The van der Waals surface area contributed by atoms with Crippen molar-refractivity contribution in [2.45, 2.75) is 25.7 Å². The first-order valence-electron chi connectivity index (χ1n) is 10.3. The van der Waals surface area contributed by atoms with Crippen molar-refractivity contribution in [2.24, 2.45) is 7.05 Å². The van der Waals surface area contributed by atoms with Gasteiger partial charge in [0.05, 0.1) is 11.2 Å². The number of aryl methyl sites for hydroxylation is 1. The van der Waals surface area contributed by atoms with E-state index in [-0.39, 0.29) is 5.82 Å². The maximum absolute atomic E-state index is 15.0. The molecule has 2 aromatic heterocycles. The highest BCUT2D eigenvalue weighted by Crippen LogP contribution is 2.32. The molecule has 1 aliphatic heterocycles. The fourth-order valence-electron chi connectivity index (χ4n) is 4.44. The van der Waals surface area contributed by atoms with Crippen LogP contribution in [-0.4, -0.2) is 44.5 Å². The summed E-state index contributed by atoms with van der Waals surface area (Å²) >= 11 is 0. The van der Waals surface area contributed by atoms with Crippen LogP contribution in [0.5, 0.6) is 0 Å². The smallest absolute Gasteiger partial charge is 0.151 e. The quantitative estimate of drug-likeness (QED) is 0.496. The molecule has 7 heteroatoms. The van der Waals surface area contributed by atoms with Gasteiger partial charge < -0.3 is 4.90 Å². The zero-order valence-corrected chi connectivity index (χ0v) is 17.1. The van der Waals surface area contributed by atoms with Gasteiger partial charge in [0, 0.05) is 29.6 Å². The van der Waals surface area contributed by atoms with E-state index in [1.807, 2.05) is 6.07 Å². The molecule has 154 valence electrons. The summed E-state index contributed by atoms with van der Waals surface area (Å²) in [6.45, 7) is 5.29. The van der Waals surface area contributed by atoms with Crippen molar-refractivity contribution < 1.29 is 8.78 Å². The van der Waals surface area contributed by atoms with Gasteiger partial charge in [-0.05, 0) is 74.3 Å². The van der Waals surface area contributed by atoms with Crippen LogP contribution < -0.4 is 0 Å². The van der Waals surface area contributed by atoms with Gasteiger partial charge in [0.15, 0.2) is 5.82 Å². The Bertz CT molecular complexity index is 1240. The number of hydrogen-bond donors (Lipinski definition) is 0. The second kappa shape index (κ2) is 7.40. The number of benzene rings is 2. The molecule has 1 aliphatic rings. The van der Waals surface area contributed by atoms with Crippen LogP contribution in [0.4, 0.5) is 8.78 Å². The van der Waals surface area contributed by atoms with Crippen LogP contribution in [-0.2, 0) is 7.05 Å². The molecule has 0 unspecified atom stereocenters. The van der Waals surface area contributed by atoms with Crippen LogP contribution >= 0.6 is 0 Å². The first-order valence-corrected chi connectivity index (χ1v) is 10.3. The van der Waals surface area contributed by atoms with E-state index in [1.54, 1.807) is 36.1 Å². The predicted molar refractivity (Wildman–Crippen MR) is 113 cm³/mol. The van der Waals surface area contributed by atoms with E-state index in [0.717, 1.165) is 38.0 Å². The molecule has 3 heterocycles. The molecule has 1 fully saturated rings. The molecule has 0 radical (unpaired) electrons. The maximum atomic E-state index is 15.0. The number of likely N-dealkylation sites (tertiary alicyclic amines) is 1. The zero-order chi connectivity index (χ0) is 20.8. The van der Waals surface area contributed by atoms with Gasteiger partial charge in [-0.15, -0.1) is 10.2 Å². The molecular formula is C23H23F2N5. The van der Waals surface area contributed by atoms with Crippen LogP contribution in [0.1, 0.15) is 31.2 Å². The molecule has 0 aliphatic carbocycles. The Labute approximate surface area is 173 Å². The fraction of sp³-hybridized carbons (Fsp3) is 0.348. The molecule has 30 heavy (non-hydrogen) atoms. The minimum atomic E-state index is -0.431. The Morgan fingerprint density at radius 1 is 1.00 bits per heavy atom. The highest BCUT2D eigenvalue weighted by Gasteiger charge is 2.21. The van der Waals surface area contributed by atoms with Crippen molar-refractivity contribution in [1.29, 1.82) is 0 Å². The summed E-state index contributed by atoms with van der Waals surface area (Å²) in [4.78, 5) is 2.41. The molecule has 0 bridgehead atoms.